The first-order valence-electron chi connectivity index (χ1n) is 8.52. The minimum absolute atomic E-state index is 0.158. The molecule has 3 rings (SSSR count). The number of aliphatic hydroxyl groups excluding tert-OH is 1. The van der Waals surface area contributed by atoms with Crippen LogP contribution >= 0.6 is 15.9 Å². The van der Waals surface area contributed by atoms with E-state index in [1.165, 1.54) is 6.21 Å². The van der Waals surface area contributed by atoms with Gasteiger partial charge in [0, 0.05) is 10.7 Å². The van der Waals surface area contributed by atoms with Crippen molar-refractivity contribution in [2.24, 2.45) is 4.99 Å². The highest BCUT2D eigenvalue weighted by Crippen LogP contribution is 2.18. The van der Waals surface area contributed by atoms with Crippen molar-refractivity contribution in [1.82, 2.24) is 9.55 Å². The molecule has 0 aliphatic carbocycles. The molecule has 1 atom stereocenters. The van der Waals surface area contributed by atoms with Crippen molar-refractivity contribution in [2.45, 2.75) is 12.5 Å². The van der Waals surface area contributed by atoms with E-state index in [9.17, 15) is 19.8 Å². The fourth-order valence-corrected chi connectivity index (χ4v) is 2.98. The molecule has 0 aliphatic rings. The lowest BCUT2D eigenvalue weighted by Gasteiger charge is -2.11. The van der Waals surface area contributed by atoms with E-state index in [2.05, 4.69) is 25.9 Å². The first-order chi connectivity index (χ1) is 13.5. The summed E-state index contributed by atoms with van der Waals surface area (Å²) in [6, 6.07) is 15.7. The van der Waals surface area contributed by atoms with Gasteiger partial charge in [0.1, 0.15) is 5.56 Å². The standard InChI is InChI=1S/C20H18BrN3O4/c21-14-6-8-16(9-7-14)24-19(27)17(18(26)23-20(24)28)11-22-15(12-25)10-13-4-2-1-3-5-13/h1-9,11,15,25,27H,10,12H2,(H,23,26,28). The maximum absolute atomic E-state index is 12.2. The van der Waals surface area contributed by atoms with E-state index in [0.717, 1.165) is 14.6 Å². The number of aliphatic hydroxyl groups is 1. The quantitative estimate of drug-likeness (QED) is 0.506. The Bertz CT molecular complexity index is 1090. The number of nitrogens with zero attached hydrogens (tertiary/aromatic N) is 2. The fraction of sp³-hybridized carbons (Fsp3) is 0.150. The Kier molecular flexibility index (Phi) is 6.23. The van der Waals surface area contributed by atoms with Crippen LogP contribution in [0.5, 0.6) is 5.88 Å². The number of benzene rings is 2. The number of aliphatic imine (C=N–C) groups is 1. The predicted octanol–water partition coefficient (Wildman–Crippen LogP) is 2.02. The summed E-state index contributed by atoms with van der Waals surface area (Å²) in [7, 11) is 0. The SMILES string of the molecule is O=c1[nH]c(=O)n(-c2ccc(Br)cc2)c(O)c1C=NC(CO)Cc1ccccc1. The topological polar surface area (TPSA) is 108 Å². The fourth-order valence-electron chi connectivity index (χ4n) is 2.72. The lowest BCUT2D eigenvalue weighted by atomic mass is 10.1. The van der Waals surface area contributed by atoms with Crippen molar-refractivity contribution in [3.63, 3.8) is 0 Å². The van der Waals surface area contributed by atoms with Gasteiger partial charge in [-0.15, -0.1) is 0 Å². The van der Waals surface area contributed by atoms with Crippen LogP contribution in [0.3, 0.4) is 0 Å². The molecule has 0 radical (unpaired) electrons. The van der Waals surface area contributed by atoms with Crippen molar-refractivity contribution in [3.05, 3.63) is 91.0 Å². The van der Waals surface area contributed by atoms with Crippen molar-refractivity contribution in [3.8, 4) is 11.6 Å². The Hall–Kier alpha value is -2.97. The van der Waals surface area contributed by atoms with Crippen molar-refractivity contribution in [1.29, 1.82) is 0 Å². The number of aromatic nitrogens is 2. The van der Waals surface area contributed by atoms with Gasteiger partial charge in [0.2, 0.25) is 5.88 Å². The van der Waals surface area contributed by atoms with E-state index < -0.39 is 23.2 Å². The zero-order valence-corrected chi connectivity index (χ0v) is 16.3. The largest absolute Gasteiger partial charge is 0.493 e. The van der Waals surface area contributed by atoms with Crippen LogP contribution in [-0.4, -0.2) is 38.6 Å². The highest BCUT2D eigenvalue weighted by molar-refractivity contribution is 9.10. The molecular weight excluding hydrogens is 426 g/mol. The van der Waals surface area contributed by atoms with E-state index >= 15 is 0 Å². The third-order valence-electron chi connectivity index (χ3n) is 4.15. The second kappa shape index (κ2) is 8.81. The van der Waals surface area contributed by atoms with Gasteiger partial charge in [-0.1, -0.05) is 46.3 Å². The number of hydrogen-bond acceptors (Lipinski definition) is 5. The number of H-pyrrole nitrogens is 1. The van der Waals surface area contributed by atoms with E-state index in [1.54, 1.807) is 24.3 Å². The van der Waals surface area contributed by atoms with Gasteiger partial charge in [0.05, 0.1) is 18.3 Å². The van der Waals surface area contributed by atoms with Gasteiger partial charge in [-0.25, -0.2) is 9.36 Å². The minimum atomic E-state index is -0.759. The van der Waals surface area contributed by atoms with Crippen LogP contribution in [0.1, 0.15) is 11.1 Å². The zero-order valence-electron chi connectivity index (χ0n) is 14.7. The first-order valence-corrected chi connectivity index (χ1v) is 9.31. The molecule has 0 aliphatic heterocycles. The third kappa shape index (κ3) is 4.47. The Labute approximate surface area is 168 Å². The second-order valence-corrected chi connectivity index (χ2v) is 7.03. The minimum Gasteiger partial charge on any atom is -0.493 e. The number of rotatable bonds is 6. The summed E-state index contributed by atoms with van der Waals surface area (Å²) in [4.78, 5) is 30.8. The van der Waals surface area contributed by atoms with Crippen LogP contribution in [0.2, 0.25) is 0 Å². The van der Waals surface area contributed by atoms with Gasteiger partial charge in [-0.2, -0.15) is 0 Å². The predicted molar refractivity (Wildman–Crippen MR) is 111 cm³/mol. The van der Waals surface area contributed by atoms with E-state index in [-0.39, 0.29) is 12.2 Å². The summed E-state index contributed by atoms with van der Waals surface area (Å²) in [5.74, 6) is -0.517. The highest BCUT2D eigenvalue weighted by Gasteiger charge is 2.15. The molecule has 1 unspecified atom stereocenters. The van der Waals surface area contributed by atoms with E-state index in [4.69, 9.17) is 0 Å². The van der Waals surface area contributed by atoms with Gasteiger partial charge in [0.25, 0.3) is 5.56 Å². The van der Waals surface area contributed by atoms with Crippen LogP contribution in [0.25, 0.3) is 5.69 Å². The molecule has 144 valence electrons. The Morgan fingerprint density at radius 3 is 2.43 bits per heavy atom. The number of aromatic hydroxyl groups is 1. The summed E-state index contributed by atoms with van der Waals surface area (Å²) in [5.41, 5.74) is -0.300. The molecule has 1 aromatic heterocycles. The Morgan fingerprint density at radius 2 is 1.79 bits per heavy atom. The molecule has 0 bridgehead atoms. The molecule has 7 nitrogen and oxygen atoms in total. The Balaban J connectivity index is 1.96. The molecule has 0 saturated carbocycles. The summed E-state index contributed by atoms with van der Waals surface area (Å²) in [5, 5.41) is 20.1. The molecule has 0 saturated heterocycles. The van der Waals surface area contributed by atoms with Crippen LogP contribution < -0.4 is 11.2 Å². The van der Waals surface area contributed by atoms with Crippen LogP contribution in [0.4, 0.5) is 0 Å². The van der Waals surface area contributed by atoms with E-state index in [1.807, 2.05) is 30.3 Å². The molecule has 1 heterocycles. The van der Waals surface area contributed by atoms with Gasteiger partial charge >= 0.3 is 5.69 Å². The van der Waals surface area contributed by atoms with Gasteiger partial charge in [-0.3, -0.25) is 14.8 Å². The maximum atomic E-state index is 12.2. The molecule has 3 aromatic rings. The van der Waals surface area contributed by atoms with Gasteiger partial charge in [-0.05, 0) is 36.2 Å². The molecule has 0 fully saturated rings. The third-order valence-corrected chi connectivity index (χ3v) is 4.67. The molecule has 0 amide bonds. The smallest absolute Gasteiger partial charge is 0.335 e. The monoisotopic (exact) mass is 443 g/mol. The van der Waals surface area contributed by atoms with Crippen molar-refractivity contribution >= 4 is 22.1 Å². The normalized spacial score (nSPS) is 12.4. The summed E-state index contributed by atoms with van der Waals surface area (Å²) in [6.07, 6.45) is 1.66. The molecule has 3 N–H and O–H groups in total. The summed E-state index contributed by atoms with van der Waals surface area (Å²) >= 11 is 3.30. The van der Waals surface area contributed by atoms with Crippen LogP contribution in [0.15, 0.2) is 73.7 Å². The average molecular weight is 444 g/mol. The number of halogens is 1. The van der Waals surface area contributed by atoms with E-state index in [0.29, 0.717) is 12.1 Å². The first kappa shape index (κ1) is 19.8. The zero-order chi connectivity index (χ0) is 20.1. The summed E-state index contributed by atoms with van der Waals surface area (Å²) in [6.45, 7) is -0.226. The molecule has 2 aromatic carbocycles. The molecular formula is C20H18BrN3O4. The lowest BCUT2D eigenvalue weighted by Crippen LogP contribution is -2.31. The maximum Gasteiger partial charge on any atom is 0.335 e. The van der Waals surface area contributed by atoms with Gasteiger partial charge in [0.15, 0.2) is 0 Å². The highest BCUT2D eigenvalue weighted by atomic mass is 79.9. The van der Waals surface area contributed by atoms with Crippen LogP contribution in [-0.2, 0) is 6.42 Å². The summed E-state index contributed by atoms with van der Waals surface area (Å²) < 4.78 is 1.79. The number of hydrogen-bond donors (Lipinski definition) is 3. The second-order valence-electron chi connectivity index (χ2n) is 6.11. The number of aromatic amines is 1. The number of nitrogens with one attached hydrogen (secondary N) is 1. The average Bonchev–Trinajstić information content (AvgIpc) is 2.69. The molecule has 8 heteroatoms. The van der Waals surface area contributed by atoms with Crippen molar-refractivity contribution < 1.29 is 10.2 Å². The van der Waals surface area contributed by atoms with Gasteiger partial charge < -0.3 is 10.2 Å². The van der Waals surface area contributed by atoms with Crippen LogP contribution in [0, 0.1) is 0 Å². The lowest BCUT2D eigenvalue weighted by molar-refractivity contribution is 0.266. The molecule has 28 heavy (non-hydrogen) atoms. The van der Waals surface area contributed by atoms with Crippen molar-refractivity contribution in [2.75, 3.05) is 6.61 Å². The molecule has 0 spiro atoms. The Morgan fingerprint density at radius 1 is 1.11 bits per heavy atom.